The van der Waals surface area contributed by atoms with Gasteiger partial charge in [0.15, 0.2) is 0 Å². The third kappa shape index (κ3) is 4.80. The average molecular weight is 313 g/mol. The van der Waals surface area contributed by atoms with E-state index >= 15 is 0 Å². The van der Waals surface area contributed by atoms with E-state index in [1.165, 1.54) is 19.2 Å². The van der Waals surface area contributed by atoms with Crippen LogP contribution in [0.2, 0.25) is 0 Å². The average Bonchev–Trinajstić information content (AvgIpc) is 2.37. The summed E-state index contributed by atoms with van der Waals surface area (Å²) in [4.78, 5) is 11.8. The molecule has 1 aromatic rings. The highest BCUT2D eigenvalue weighted by atomic mass is 32.2. The van der Waals surface area contributed by atoms with Gasteiger partial charge in [-0.1, -0.05) is 12.1 Å². The van der Waals surface area contributed by atoms with Crippen LogP contribution in [0.1, 0.15) is 32.4 Å². The van der Waals surface area contributed by atoms with Crippen LogP contribution < -0.4 is 11.1 Å². The number of nitrogens with zero attached hydrogens (tertiary/aromatic N) is 1. The van der Waals surface area contributed by atoms with E-state index in [1.54, 1.807) is 12.1 Å². The highest BCUT2D eigenvalue weighted by Gasteiger charge is 2.23. The van der Waals surface area contributed by atoms with Gasteiger partial charge in [-0.15, -0.1) is 0 Å². The fourth-order valence-electron chi connectivity index (χ4n) is 1.78. The number of rotatable bonds is 6. The van der Waals surface area contributed by atoms with Gasteiger partial charge in [0.25, 0.3) is 0 Å². The minimum Gasteiger partial charge on any atom is -0.353 e. The van der Waals surface area contributed by atoms with Crippen molar-refractivity contribution in [3.8, 4) is 0 Å². The van der Waals surface area contributed by atoms with Gasteiger partial charge in [-0.2, -0.15) is 4.31 Å². The second-order valence-electron chi connectivity index (χ2n) is 5.34. The number of likely N-dealkylation sites (N-methyl/N-ethyl adjacent to an activating group) is 1. The number of amides is 1. The van der Waals surface area contributed by atoms with Gasteiger partial charge in [-0.25, -0.2) is 8.42 Å². The maximum Gasteiger partial charge on any atom is 0.243 e. The van der Waals surface area contributed by atoms with E-state index in [2.05, 4.69) is 5.32 Å². The lowest BCUT2D eigenvalue weighted by molar-refractivity contribution is -0.121. The highest BCUT2D eigenvalue weighted by molar-refractivity contribution is 7.89. The Morgan fingerprint density at radius 3 is 2.19 bits per heavy atom. The van der Waals surface area contributed by atoms with Crippen LogP contribution in [-0.4, -0.2) is 38.3 Å². The Hall–Kier alpha value is -1.44. The van der Waals surface area contributed by atoms with Crippen molar-refractivity contribution in [2.24, 2.45) is 5.73 Å². The predicted molar refractivity (Wildman–Crippen MR) is 82.1 cm³/mol. The molecule has 118 valence electrons. The zero-order valence-electron chi connectivity index (χ0n) is 12.8. The number of sulfonamides is 1. The summed E-state index contributed by atoms with van der Waals surface area (Å²) in [6.45, 7) is 5.25. The first-order chi connectivity index (χ1) is 9.64. The Morgan fingerprint density at radius 2 is 1.76 bits per heavy atom. The lowest BCUT2D eigenvalue weighted by Gasteiger charge is -2.18. The van der Waals surface area contributed by atoms with Crippen LogP contribution in [0.4, 0.5) is 0 Å². The molecule has 0 aromatic heterocycles. The number of benzene rings is 1. The Balaban J connectivity index is 2.87. The predicted octanol–water partition coefficient (Wildman–Crippen LogP) is 0.851. The summed E-state index contributed by atoms with van der Waals surface area (Å²) < 4.78 is 25.7. The molecule has 0 saturated heterocycles. The van der Waals surface area contributed by atoms with E-state index in [4.69, 9.17) is 5.73 Å². The lowest BCUT2D eigenvalue weighted by Crippen LogP contribution is -2.40. The molecule has 1 amide bonds. The van der Waals surface area contributed by atoms with Crippen LogP contribution in [0.25, 0.3) is 0 Å². The van der Waals surface area contributed by atoms with Crippen molar-refractivity contribution >= 4 is 15.9 Å². The van der Waals surface area contributed by atoms with Gasteiger partial charge < -0.3 is 11.1 Å². The molecule has 1 unspecified atom stereocenters. The van der Waals surface area contributed by atoms with E-state index in [-0.39, 0.29) is 29.4 Å². The molecule has 0 bridgehead atoms. The molecule has 0 aliphatic carbocycles. The molecule has 0 radical (unpaired) electrons. The highest BCUT2D eigenvalue weighted by Crippen LogP contribution is 2.17. The fourth-order valence-corrected chi connectivity index (χ4v) is 2.91. The first-order valence-corrected chi connectivity index (χ1v) is 8.20. The number of hydrogen-bond donors (Lipinski definition) is 2. The molecule has 21 heavy (non-hydrogen) atoms. The fraction of sp³-hybridized carbons (Fsp3) is 0.500. The quantitative estimate of drug-likeness (QED) is 0.814. The summed E-state index contributed by atoms with van der Waals surface area (Å²) in [5.74, 6) is -0.330. The van der Waals surface area contributed by atoms with E-state index < -0.39 is 10.0 Å². The Kier molecular flexibility index (Phi) is 5.88. The molecule has 0 spiro atoms. The molecule has 0 aliphatic rings. The molecular formula is C14H23N3O3S. The van der Waals surface area contributed by atoms with Crippen molar-refractivity contribution in [1.82, 2.24) is 9.62 Å². The summed E-state index contributed by atoms with van der Waals surface area (Å²) in [7, 11) is -2.30. The second-order valence-corrected chi connectivity index (χ2v) is 7.39. The van der Waals surface area contributed by atoms with Crippen molar-refractivity contribution in [2.45, 2.75) is 37.8 Å². The van der Waals surface area contributed by atoms with Crippen LogP contribution in [0.5, 0.6) is 0 Å². The lowest BCUT2D eigenvalue weighted by atomic mass is 10.1. The number of carbonyl (C=O) groups excluding carboxylic acids is 1. The van der Waals surface area contributed by atoms with Gasteiger partial charge in [0.2, 0.25) is 15.9 Å². The monoisotopic (exact) mass is 313 g/mol. The van der Waals surface area contributed by atoms with Crippen molar-refractivity contribution in [3.05, 3.63) is 29.8 Å². The standard InChI is InChI=1S/C14H23N3O3S/c1-10(2)16-14(18)9-17(4)21(19,20)13-7-5-12(6-8-13)11(3)15/h5-8,10-11H,9,15H2,1-4H3,(H,16,18). The Labute approximate surface area is 126 Å². The van der Waals surface area contributed by atoms with Gasteiger partial charge in [0.05, 0.1) is 11.4 Å². The third-order valence-electron chi connectivity index (χ3n) is 2.93. The van der Waals surface area contributed by atoms with E-state index in [9.17, 15) is 13.2 Å². The maximum atomic E-state index is 12.3. The zero-order chi connectivity index (χ0) is 16.2. The Bertz CT molecular complexity index is 580. The molecule has 0 heterocycles. The van der Waals surface area contributed by atoms with Crippen LogP contribution in [0.3, 0.4) is 0 Å². The molecule has 1 rings (SSSR count). The van der Waals surface area contributed by atoms with Crippen molar-refractivity contribution in [2.75, 3.05) is 13.6 Å². The minimum absolute atomic E-state index is 0.0288. The molecule has 0 saturated carbocycles. The van der Waals surface area contributed by atoms with Gasteiger partial charge in [-0.3, -0.25) is 4.79 Å². The number of carbonyl (C=O) groups is 1. The largest absolute Gasteiger partial charge is 0.353 e. The van der Waals surface area contributed by atoms with Crippen molar-refractivity contribution in [3.63, 3.8) is 0 Å². The number of nitrogens with one attached hydrogen (secondary N) is 1. The molecular weight excluding hydrogens is 290 g/mol. The van der Waals surface area contributed by atoms with Crippen molar-refractivity contribution < 1.29 is 13.2 Å². The van der Waals surface area contributed by atoms with Crippen LogP contribution >= 0.6 is 0 Å². The van der Waals surface area contributed by atoms with Gasteiger partial charge in [0, 0.05) is 19.1 Å². The normalized spacial score (nSPS) is 13.5. The smallest absolute Gasteiger partial charge is 0.243 e. The topological polar surface area (TPSA) is 92.5 Å². The molecule has 3 N–H and O–H groups in total. The van der Waals surface area contributed by atoms with Crippen LogP contribution in [-0.2, 0) is 14.8 Å². The first kappa shape index (κ1) is 17.6. The van der Waals surface area contributed by atoms with Crippen LogP contribution in [0, 0.1) is 0 Å². The van der Waals surface area contributed by atoms with Crippen molar-refractivity contribution in [1.29, 1.82) is 0 Å². The summed E-state index contributed by atoms with van der Waals surface area (Å²) in [5.41, 5.74) is 6.59. The minimum atomic E-state index is -3.68. The van der Waals surface area contributed by atoms with Crippen LogP contribution in [0.15, 0.2) is 29.2 Å². The molecule has 7 heteroatoms. The molecule has 1 atom stereocenters. The van der Waals surface area contributed by atoms with E-state index in [0.29, 0.717) is 0 Å². The van der Waals surface area contributed by atoms with Gasteiger partial charge >= 0.3 is 0 Å². The third-order valence-corrected chi connectivity index (χ3v) is 4.75. The van der Waals surface area contributed by atoms with E-state index in [1.807, 2.05) is 20.8 Å². The van der Waals surface area contributed by atoms with Gasteiger partial charge in [0.1, 0.15) is 0 Å². The number of hydrogen-bond acceptors (Lipinski definition) is 4. The zero-order valence-corrected chi connectivity index (χ0v) is 13.6. The SMILES string of the molecule is CC(C)NC(=O)CN(C)S(=O)(=O)c1ccc(C(C)N)cc1. The summed E-state index contributed by atoms with van der Waals surface area (Å²) in [5, 5.41) is 2.66. The van der Waals surface area contributed by atoms with E-state index in [0.717, 1.165) is 9.87 Å². The molecule has 0 fully saturated rings. The number of nitrogens with two attached hydrogens (primary N) is 1. The Morgan fingerprint density at radius 1 is 1.24 bits per heavy atom. The second kappa shape index (κ2) is 7.02. The summed E-state index contributed by atoms with van der Waals surface area (Å²) in [6.07, 6.45) is 0. The first-order valence-electron chi connectivity index (χ1n) is 6.76. The summed E-state index contributed by atoms with van der Waals surface area (Å²) >= 11 is 0. The maximum absolute atomic E-state index is 12.3. The van der Waals surface area contributed by atoms with Gasteiger partial charge in [-0.05, 0) is 38.5 Å². The molecule has 1 aromatic carbocycles. The molecule has 6 nitrogen and oxygen atoms in total. The summed E-state index contributed by atoms with van der Waals surface area (Å²) in [6, 6.07) is 6.18. The molecule has 0 aliphatic heterocycles.